The number of carboxylic acid groups (broad SMARTS) is 1. The van der Waals surface area contributed by atoms with Gasteiger partial charge >= 0.3 is 5.97 Å². The summed E-state index contributed by atoms with van der Waals surface area (Å²) < 4.78 is 5.03. The van der Waals surface area contributed by atoms with Crippen LogP contribution in [0.3, 0.4) is 0 Å². The zero-order chi connectivity index (χ0) is 14.5. The molecule has 1 heterocycles. The van der Waals surface area contributed by atoms with Crippen molar-refractivity contribution in [2.45, 2.75) is 6.92 Å². The van der Waals surface area contributed by atoms with Crippen molar-refractivity contribution in [2.75, 3.05) is 0 Å². The summed E-state index contributed by atoms with van der Waals surface area (Å²) in [5.74, 6) is -1.36. The summed E-state index contributed by atoms with van der Waals surface area (Å²) >= 11 is 0. The highest BCUT2D eigenvalue weighted by molar-refractivity contribution is 6.02. The quantitative estimate of drug-likeness (QED) is 0.837. The van der Waals surface area contributed by atoms with E-state index in [1.165, 1.54) is 12.3 Å². The van der Waals surface area contributed by atoms with Crippen molar-refractivity contribution < 1.29 is 19.1 Å². The Bertz CT molecular complexity index is 656. The van der Waals surface area contributed by atoms with Crippen molar-refractivity contribution in [3.05, 3.63) is 65.2 Å². The average Bonchev–Trinajstić information content (AvgIpc) is 2.90. The summed E-state index contributed by atoms with van der Waals surface area (Å²) in [6, 6.07) is 10.1. The van der Waals surface area contributed by atoms with Crippen LogP contribution < -0.4 is 5.32 Å². The minimum absolute atomic E-state index is 0.244. The molecule has 2 N–H and O–H groups in total. The maximum Gasteiger partial charge on any atom is 0.352 e. The van der Waals surface area contributed by atoms with E-state index in [-0.39, 0.29) is 5.70 Å². The molecule has 0 aliphatic rings. The Labute approximate surface area is 115 Å². The van der Waals surface area contributed by atoms with Crippen LogP contribution in [0, 0.1) is 6.92 Å². The molecule has 2 aromatic rings. The molecule has 0 aliphatic heterocycles. The number of hydrogen-bond acceptors (Lipinski definition) is 3. The first-order valence-corrected chi connectivity index (χ1v) is 5.93. The Balaban J connectivity index is 2.21. The standard InChI is InChI=1S/C15H13NO4/c1-10-4-2-5-11(8-10)14(17)16-13(15(18)19)9-12-6-3-7-20-12/h2-9H,1H3,(H,16,17)(H,18,19). The number of rotatable bonds is 4. The van der Waals surface area contributed by atoms with Crippen LogP contribution in [0.5, 0.6) is 0 Å². The Hall–Kier alpha value is -2.82. The van der Waals surface area contributed by atoms with Gasteiger partial charge in [0.15, 0.2) is 0 Å². The minimum atomic E-state index is -1.23. The van der Waals surface area contributed by atoms with Gasteiger partial charge in [-0.1, -0.05) is 17.7 Å². The molecule has 0 radical (unpaired) electrons. The molecule has 0 saturated heterocycles. The van der Waals surface area contributed by atoms with E-state index < -0.39 is 11.9 Å². The number of carbonyl (C=O) groups is 2. The highest BCUT2D eigenvalue weighted by atomic mass is 16.4. The van der Waals surface area contributed by atoms with Gasteiger partial charge in [-0.15, -0.1) is 0 Å². The predicted octanol–water partition coefficient (Wildman–Crippen LogP) is 2.44. The molecule has 102 valence electrons. The molecule has 1 aromatic heterocycles. The lowest BCUT2D eigenvalue weighted by molar-refractivity contribution is -0.132. The molecular formula is C15H13NO4. The van der Waals surface area contributed by atoms with Gasteiger partial charge in [-0.05, 0) is 31.2 Å². The normalized spacial score (nSPS) is 11.2. The van der Waals surface area contributed by atoms with E-state index in [1.807, 2.05) is 13.0 Å². The van der Waals surface area contributed by atoms with E-state index in [1.54, 1.807) is 30.3 Å². The summed E-state index contributed by atoms with van der Waals surface area (Å²) in [4.78, 5) is 23.1. The van der Waals surface area contributed by atoms with Crippen LogP contribution in [0.15, 0.2) is 52.8 Å². The van der Waals surface area contributed by atoms with Crippen LogP contribution in [-0.4, -0.2) is 17.0 Å². The van der Waals surface area contributed by atoms with Gasteiger partial charge in [0.1, 0.15) is 11.5 Å². The van der Waals surface area contributed by atoms with E-state index in [0.717, 1.165) is 5.56 Å². The average molecular weight is 271 g/mol. The lowest BCUT2D eigenvalue weighted by Crippen LogP contribution is -2.27. The molecule has 0 unspecified atom stereocenters. The number of benzene rings is 1. The predicted molar refractivity (Wildman–Crippen MR) is 73.0 cm³/mol. The number of amides is 1. The lowest BCUT2D eigenvalue weighted by Gasteiger charge is -2.06. The highest BCUT2D eigenvalue weighted by Crippen LogP contribution is 2.08. The first kappa shape index (κ1) is 13.6. The Morgan fingerprint density at radius 2 is 2.05 bits per heavy atom. The van der Waals surface area contributed by atoms with Crippen molar-refractivity contribution >= 4 is 18.0 Å². The van der Waals surface area contributed by atoms with Crippen LogP contribution in [-0.2, 0) is 4.79 Å². The number of hydrogen-bond donors (Lipinski definition) is 2. The van der Waals surface area contributed by atoms with Crippen molar-refractivity contribution in [3.8, 4) is 0 Å². The maximum atomic E-state index is 12.0. The molecule has 2 rings (SSSR count). The van der Waals surface area contributed by atoms with Gasteiger partial charge in [-0.2, -0.15) is 0 Å². The second kappa shape index (κ2) is 5.88. The van der Waals surface area contributed by atoms with Crippen LogP contribution in [0.2, 0.25) is 0 Å². The number of aryl methyl sites for hydroxylation is 1. The first-order chi connectivity index (χ1) is 9.56. The molecular weight excluding hydrogens is 258 g/mol. The molecule has 5 nitrogen and oxygen atoms in total. The summed E-state index contributed by atoms with van der Waals surface area (Å²) in [5.41, 5.74) is 1.08. The van der Waals surface area contributed by atoms with E-state index in [2.05, 4.69) is 5.32 Å². The molecule has 1 aromatic carbocycles. The third kappa shape index (κ3) is 3.35. The molecule has 5 heteroatoms. The third-order valence-corrected chi connectivity index (χ3v) is 2.59. The van der Waals surface area contributed by atoms with Crippen LogP contribution >= 0.6 is 0 Å². The molecule has 1 amide bonds. The van der Waals surface area contributed by atoms with Gasteiger partial charge in [0.25, 0.3) is 5.91 Å². The molecule has 0 saturated carbocycles. The van der Waals surface area contributed by atoms with Gasteiger partial charge in [-0.3, -0.25) is 4.79 Å². The zero-order valence-corrected chi connectivity index (χ0v) is 10.8. The second-order valence-corrected chi connectivity index (χ2v) is 4.20. The SMILES string of the molecule is Cc1cccc(C(=O)NC(=Cc2ccco2)C(=O)O)c1. The summed E-state index contributed by atoms with van der Waals surface area (Å²) in [5, 5.41) is 11.5. The fourth-order valence-electron chi connectivity index (χ4n) is 1.65. The number of carboxylic acids is 1. The Morgan fingerprint density at radius 1 is 1.25 bits per heavy atom. The van der Waals surface area contributed by atoms with E-state index in [9.17, 15) is 9.59 Å². The summed E-state index contributed by atoms with van der Waals surface area (Å²) in [6.07, 6.45) is 2.68. The van der Waals surface area contributed by atoms with Crippen molar-refractivity contribution in [1.82, 2.24) is 5.32 Å². The monoisotopic (exact) mass is 271 g/mol. The van der Waals surface area contributed by atoms with Crippen molar-refractivity contribution in [1.29, 1.82) is 0 Å². The third-order valence-electron chi connectivity index (χ3n) is 2.59. The van der Waals surface area contributed by atoms with Gasteiger partial charge in [0, 0.05) is 11.6 Å². The smallest absolute Gasteiger partial charge is 0.352 e. The van der Waals surface area contributed by atoms with Crippen LogP contribution in [0.1, 0.15) is 21.7 Å². The second-order valence-electron chi connectivity index (χ2n) is 4.20. The number of carbonyl (C=O) groups excluding carboxylic acids is 1. The van der Waals surface area contributed by atoms with Crippen LogP contribution in [0.25, 0.3) is 6.08 Å². The van der Waals surface area contributed by atoms with Gasteiger partial charge in [0.05, 0.1) is 6.26 Å². The Kier molecular flexibility index (Phi) is 4.00. The molecule has 0 fully saturated rings. The number of furan rings is 1. The number of aliphatic carboxylic acids is 1. The zero-order valence-electron chi connectivity index (χ0n) is 10.8. The van der Waals surface area contributed by atoms with E-state index >= 15 is 0 Å². The molecule has 0 aliphatic carbocycles. The van der Waals surface area contributed by atoms with Gasteiger partial charge in [-0.25, -0.2) is 4.79 Å². The molecule has 0 spiro atoms. The molecule has 0 atom stereocenters. The molecule has 0 bridgehead atoms. The van der Waals surface area contributed by atoms with Crippen molar-refractivity contribution in [2.24, 2.45) is 0 Å². The minimum Gasteiger partial charge on any atom is -0.477 e. The highest BCUT2D eigenvalue weighted by Gasteiger charge is 2.14. The first-order valence-electron chi connectivity index (χ1n) is 5.93. The maximum absolute atomic E-state index is 12.0. The Morgan fingerprint density at radius 3 is 2.65 bits per heavy atom. The molecule has 20 heavy (non-hydrogen) atoms. The topological polar surface area (TPSA) is 79.5 Å². The largest absolute Gasteiger partial charge is 0.477 e. The summed E-state index contributed by atoms with van der Waals surface area (Å²) in [6.45, 7) is 1.85. The van der Waals surface area contributed by atoms with E-state index in [0.29, 0.717) is 11.3 Å². The van der Waals surface area contributed by atoms with Crippen LogP contribution in [0.4, 0.5) is 0 Å². The summed E-state index contributed by atoms with van der Waals surface area (Å²) in [7, 11) is 0. The lowest BCUT2D eigenvalue weighted by atomic mass is 10.1. The van der Waals surface area contributed by atoms with Gasteiger partial charge in [0.2, 0.25) is 0 Å². The fourth-order valence-corrected chi connectivity index (χ4v) is 1.65. The van der Waals surface area contributed by atoms with Crippen molar-refractivity contribution in [3.63, 3.8) is 0 Å². The van der Waals surface area contributed by atoms with Gasteiger partial charge < -0.3 is 14.8 Å². The number of nitrogens with one attached hydrogen (secondary N) is 1. The fraction of sp³-hybridized carbons (Fsp3) is 0.0667. The van der Waals surface area contributed by atoms with E-state index in [4.69, 9.17) is 9.52 Å².